The van der Waals surface area contributed by atoms with Crippen LogP contribution >= 0.6 is 0 Å². The fourth-order valence-corrected chi connectivity index (χ4v) is 5.04. The van der Waals surface area contributed by atoms with Crippen LogP contribution in [0, 0.1) is 5.92 Å². The smallest absolute Gasteiger partial charge is 0.293 e. The Hall–Kier alpha value is -2.21. The summed E-state index contributed by atoms with van der Waals surface area (Å²) in [6.45, 7) is 7.92. The molecule has 0 bridgehead atoms. The van der Waals surface area contributed by atoms with E-state index in [0.29, 0.717) is 25.8 Å². The lowest BCUT2D eigenvalue weighted by molar-refractivity contribution is -0.276. The van der Waals surface area contributed by atoms with E-state index < -0.39 is 5.79 Å². The van der Waals surface area contributed by atoms with Crippen LogP contribution in [0.25, 0.3) is 0 Å². The maximum Gasteiger partial charge on any atom is 0.293 e. The van der Waals surface area contributed by atoms with Gasteiger partial charge in [0.25, 0.3) is 11.7 Å². The molecule has 2 saturated heterocycles. The Balaban J connectivity index is 1.42. The summed E-state index contributed by atoms with van der Waals surface area (Å²) in [6, 6.07) is 18.2. The summed E-state index contributed by atoms with van der Waals surface area (Å²) in [5.74, 6) is -0.766. The number of benzene rings is 2. The second-order valence-electron chi connectivity index (χ2n) is 9.34. The number of nitrogens with zero attached hydrogens (tertiary/aromatic N) is 2. The first kappa shape index (κ1) is 19.7. The third kappa shape index (κ3) is 3.16. The normalized spacial score (nSPS) is 31.9. The first-order valence-electron chi connectivity index (χ1n) is 11.0. The van der Waals surface area contributed by atoms with Crippen molar-refractivity contribution in [3.63, 3.8) is 0 Å². The standard InChI is InChI=1S/C25H30N2O3/c1-19-9-8-14-26(15-19)18-27-22-13-7-6-12-21(22)25(23(27)28)29-16-24(2,17-30-25)20-10-4-3-5-11-20/h3-7,10-13,19H,8-9,14-18H2,1-2H3/t19-,24?,25?/m0/s1. The van der Waals surface area contributed by atoms with Crippen LogP contribution in [0.1, 0.15) is 37.8 Å². The maximum atomic E-state index is 13.7. The van der Waals surface area contributed by atoms with Crippen molar-refractivity contribution in [3.05, 3.63) is 65.7 Å². The van der Waals surface area contributed by atoms with Crippen molar-refractivity contribution in [1.82, 2.24) is 4.90 Å². The number of hydrogen-bond donors (Lipinski definition) is 0. The summed E-state index contributed by atoms with van der Waals surface area (Å²) >= 11 is 0. The van der Waals surface area contributed by atoms with Crippen molar-refractivity contribution in [2.24, 2.45) is 5.92 Å². The SMILES string of the molecule is C[C@H]1CCCN(CN2C(=O)C3(OCC(C)(c4ccccc4)CO3)c3ccccc32)C1. The lowest BCUT2D eigenvalue weighted by atomic mass is 9.83. The number of hydrogen-bond acceptors (Lipinski definition) is 4. The number of piperidine rings is 1. The molecule has 30 heavy (non-hydrogen) atoms. The van der Waals surface area contributed by atoms with Gasteiger partial charge in [-0.3, -0.25) is 14.6 Å². The Kier molecular flexibility index (Phi) is 4.92. The molecule has 1 atom stereocenters. The molecule has 3 aliphatic heterocycles. The average Bonchev–Trinajstić information content (AvgIpc) is 3.00. The van der Waals surface area contributed by atoms with E-state index in [1.165, 1.54) is 12.8 Å². The largest absolute Gasteiger partial charge is 0.337 e. The fourth-order valence-electron chi connectivity index (χ4n) is 5.04. The fraction of sp³-hybridized carbons (Fsp3) is 0.480. The van der Waals surface area contributed by atoms with Gasteiger partial charge >= 0.3 is 0 Å². The van der Waals surface area contributed by atoms with E-state index in [-0.39, 0.29) is 11.3 Å². The Morgan fingerprint density at radius 2 is 1.73 bits per heavy atom. The topological polar surface area (TPSA) is 42.0 Å². The van der Waals surface area contributed by atoms with Crippen molar-refractivity contribution in [1.29, 1.82) is 0 Å². The number of carbonyl (C=O) groups is 1. The highest BCUT2D eigenvalue weighted by Gasteiger charge is 2.57. The number of carbonyl (C=O) groups excluding carboxylic acids is 1. The highest BCUT2D eigenvalue weighted by atomic mass is 16.7. The number of para-hydroxylation sites is 1. The lowest BCUT2D eigenvalue weighted by Gasteiger charge is -2.42. The zero-order valence-electron chi connectivity index (χ0n) is 17.8. The molecule has 1 spiro atoms. The van der Waals surface area contributed by atoms with Crippen molar-refractivity contribution < 1.29 is 14.3 Å². The second-order valence-corrected chi connectivity index (χ2v) is 9.34. The van der Waals surface area contributed by atoms with Gasteiger partial charge in [-0.2, -0.15) is 0 Å². The first-order chi connectivity index (χ1) is 14.5. The van der Waals surface area contributed by atoms with Crippen LogP contribution in [0.15, 0.2) is 54.6 Å². The molecule has 0 radical (unpaired) electrons. The van der Waals surface area contributed by atoms with Crippen LogP contribution < -0.4 is 4.90 Å². The number of ether oxygens (including phenoxy) is 2. The third-order valence-electron chi connectivity index (χ3n) is 6.82. The van der Waals surface area contributed by atoms with Gasteiger partial charge in [0.2, 0.25) is 0 Å². The van der Waals surface area contributed by atoms with Gasteiger partial charge < -0.3 is 9.47 Å². The van der Waals surface area contributed by atoms with Crippen molar-refractivity contribution in [2.75, 3.05) is 37.9 Å². The van der Waals surface area contributed by atoms with Crippen LogP contribution in [0.2, 0.25) is 0 Å². The van der Waals surface area contributed by atoms with E-state index in [2.05, 4.69) is 30.9 Å². The number of amides is 1. The summed E-state index contributed by atoms with van der Waals surface area (Å²) in [5, 5.41) is 0. The molecule has 0 aromatic heterocycles. The molecular formula is C25H30N2O3. The van der Waals surface area contributed by atoms with Gasteiger partial charge in [0, 0.05) is 17.5 Å². The van der Waals surface area contributed by atoms with E-state index >= 15 is 0 Å². The van der Waals surface area contributed by atoms with Gasteiger partial charge in [-0.25, -0.2) is 0 Å². The minimum atomic E-state index is -1.33. The predicted octanol–water partition coefficient (Wildman–Crippen LogP) is 3.88. The molecule has 5 rings (SSSR count). The summed E-state index contributed by atoms with van der Waals surface area (Å²) in [4.78, 5) is 17.9. The molecule has 0 saturated carbocycles. The zero-order valence-corrected chi connectivity index (χ0v) is 17.8. The molecular weight excluding hydrogens is 376 g/mol. The number of rotatable bonds is 3. The molecule has 158 valence electrons. The van der Waals surface area contributed by atoms with Gasteiger partial charge in [0.15, 0.2) is 0 Å². The molecule has 2 fully saturated rings. The Bertz CT molecular complexity index is 921. The lowest BCUT2D eigenvalue weighted by Crippen LogP contribution is -2.55. The minimum absolute atomic E-state index is 0.1000. The molecule has 0 unspecified atom stereocenters. The maximum absolute atomic E-state index is 13.7. The number of likely N-dealkylation sites (tertiary alicyclic amines) is 1. The Morgan fingerprint density at radius 1 is 1.03 bits per heavy atom. The Morgan fingerprint density at radius 3 is 2.47 bits per heavy atom. The summed E-state index contributed by atoms with van der Waals surface area (Å²) in [5.41, 5.74) is 2.62. The van der Waals surface area contributed by atoms with E-state index in [4.69, 9.17) is 9.47 Å². The molecule has 0 aliphatic carbocycles. The van der Waals surface area contributed by atoms with Gasteiger partial charge in [-0.1, -0.05) is 62.4 Å². The van der Waals surface area contributed by atoms with Crippen molar-refractivity contribution in [2.45, 2.75) is 37.9 Å². The van der Waals surface area contributed by atoms with Crippen LogP contribution in [0.3, 0.4) is 0 Å². The van der Waals surface area contributed by atoms with Crippen molar-refractivity contribution >= 4 is 11.6 Å². The molecule has 1 amide bonds. The highest BCUT2D eigenvalue weighted by Crippen LogP contribution is 2.48. The van der Waals surface area contributed by atoms with Crippen molar-refractivity contribution in [3.8, 4) is 0 Å². The van der Waals surface area contributed by atoms with Gasteiger partial charge in [-0.15, -0.1) is 0 Å². The molecule has 5 nitrogen and oxygen atoms in total. The summed E-state index contributed by atoms with van der Waals surface area (Å²) in [7, 11) is 0. The van der Waals surface area contributed by atoms with E-state index in [1.807, 2.05) is 47.4 Å². The van der Waals surface area contributed by atoms with Crippen LogP contribution in [-0.2, 0) is 25.5 Å². The van der Waals surface area contributed by atoms with E-state index in [0.717, 1.165) is 29.9 Å². The molecule has 0 N–H and O–H groups in total. The quantitative estimate of drug-likeness (QED) is 0.776. The van der Waals surface area contributed by atoms with Crippen LogP contribution in [0.5, 0.6) is 0 Å². The Labute approximate surface area is 178 Å². The summed E-state index contributed by atoms with van der Waals surface area (Å²) in [6.07, 6.45) is 2.44. The zero-order chi connectivity index (χ0) is 20.8. The minimum Gasteiger partial charge on any atom is -0.337 e. The number of fused-ring (bicyclic) bond motifs is 2. The monoisotopic (exact) mass is 406 g/mol. The first-order valence-corrected chi connectivity index (χ1v) is 11.0. The third-order valence-corrected chi connectivity index (χ3v) is 6.82. The summed E-state index contributed by atoms with van der Waals surface area (Å²) < 4.78 is 12.7. The molecule has 3 aliphatic rings. The molecule has 3 heterocycles. The predicted molar refractivity (Wildman–Crippen MR) is 116 cm³/mol. The highest BCUT2D eigenvalue weighted by molar-refractivity contribution is 6.06. The number of anilines is 1. The van der Waals surface area contributed by atoms with E-state index in [9.17, 15) is 4.79 Å². The van der Waals surface area contributed by atoms with Gasteiger partial charge in [0.05, 0.1) is 25.6 Å². The van der Waals surface area contributed by atoms with Gasteiger partial charge in [-0.05, 0) is 36.9 Å². The average molecular weight is 407 g/mol. The molecule has 2 aromatic rings. The molecule has 2 aromatic carbocycles. The van der Waals surface area contributed by atoms with Crippen LogP contribution in [-0.4, -0.2) is 43.8 Å². The second kappa shape index (κ2) is 7.49. The van der Waals surface area contributed by atoms with Crippen LogP contribution in [0.4, 0.5) is 5.69 Å². The van der Waals surface area contributed by atoms with E-state index in [1.54, 1.807) is 0 Å². The van der Waals surface area contributed by atoms with Gasteiger partial charge in [0.1, 0.15) is 0 Å². The molecule has 5 heteroatoms.